The van der Waals surface area contributed by atoms with Crippen LogP contribution in [-0.2, 0) is 4.74 Å². The van der Waals surface area contributed by atoms with Gasteiger partial charge in [0.1, 0.15) is 17.2 Å². The molecule has 2 amide bonds. The number of benzene rings is 1. The number of aromatic nitrogens is 2. The van der Waals surface area contributed by atoms with Crippen molar-refractivity contribution in [3.63, 3.8) is 0 Å². The molecule has 166 valence electrons. The molecule has 0 radical (unpaired) electrons. The third-order valence-electron chi connectivity index (χ3n) is 5.89. The van der Waals surface area contributed by atoms with Crippen LogP contribution in [0.5, 0.6) is 0 Å². The first-order valence-corrected chi connectivity index (χ1v) is 10.4. The fraction of sp³-hybridized carbons (Fsp3) is 0.476. The van der Waals surface area contributed by atoms with Gasteiger partial charge in [-0.1, -0.05) is 6.07 Å². The van der Waals surface area contributed by atoms with Crippen LogP contribution in [-0.4, -0.2) is 65.3 Å². The Labute approximate surface area is 178 Å². The van der Waals surface area contributed by atoms with Crippen LogP contribution in [0.3, 0.4) is 0 Å². The molecular weight excluding hydrogens is 408 g/mol. The van der Waals surface area contributed by atoms with Crippen LogP contribution < -0.4 is 10.6 Å². The normalized spacial score (nSPS) is 22.1. The Bertz CT molecular complexity index is 917. The highest BCUT2D eigenvalue weighted by Crippen LogP contribution is 2.25. The summed E-state index contributed by atoms with van der Waals surface area (Å²) in [6.07, 6.45) is 4.98. The van der Waals surface area contributed by atoms with Gasteiger partial charge in [-0.3, -0.25) is 19.6 Å². The first-order valence-electron chi connectivity index (χ1n) is 10.4. The summed E-state index contributed by atoms with van der Waals surface area (Å²) in [5, 5.41) is 11.7. The number of halogens is 2. The summed E-state index contributed by atoms with van der Waals surface area (Å²) in [4.78, 5) is 27.5. The lowest BCUT2D eigenvalue weighted by molar-refractivity contribution is 0.00664. The van der Waals surface area contributed by atoms with Gasteiger partial charge in [0.25, 0.3) is 11.8 Å². The number of carbonyl (C=O) groups excluding carboxylic acids is 2. The van der Waals surface area contributed by atoms with Gasteiger partial charge in [0, 0.05) is 31.4 Å². The minimum atomic E-state index is -0.989. The van der Waals surface area contributed by atoms with Crippen LogP contribution in [0.4, 0.5) is 14.5 Å². The molecule has 2 fully saturated rings. The third-order valence-corrected chi connectivity index (χ3v) is 5.89. The number of carbonyl (C=O) groups is 2. The standard InChI is InChI=1S/C21H25F2N5O3/c22-15-2-1-3-16(23)18(15)20(29)26-17-12-24-27-19(17)21(30)25-13-4-6-14(7-5-13)28-8-10-31-11-9-28/h1-3,12-14H,4-11H2,(H,24,27)(H,25,30)(H,26,29)/t13-,14-. The molecule has 0 bridgehead atoms. The fourth-order valence-corrected chi connectivity index (χ4v) is 4.24. The average Bonchev–Trinajstić information content (AvgIpc) is 3.23. The highest BCUT2D eigenvalue weighted by molar-refractivity contribution is 6.08. The van der Waals surface area contributed by atoms with E-state index in [0.29, 0.717) is 6.04 Å². The molecule has 1 aromatic carbocycles. The second-order valence-corrected chi connectivity index (χ2v) is 7.83. The van der Waals surface area contributed by atoms with Gasteiger partial charge in [-0.15, -0.1) is 0 Å². The number of nitrogens with zero attached hydrogens (tertiary/aromatic N) is 2. The molecule has 2 heterocycles. The number of ether oxygens (including phenoxy) is 1. The summed E-state index contributed by atoms with van der Waals surface area (Å²) in [5.74, 6) is -3.40. The van der Waals surface area contributed by atoms with E-state index in [1.807, 2.05) is 0 Å². The zero-order valence-electron chi connectivity index (χ0n) is 17.0. The number of hydrogen-bond donors (Lipinski definition) is 3. The van der Waals surface area contributed by atoms with Gasteiger partial charge in [0.15, 0.2) is 5.69 Å². The van der Waals surface area contributed by atoms with E-state index in [1.165, 1.54) is 12.3 Å². The monoisotopic (exact) mass is 433 g/mol. The maximum absolute atomic E-state index is 13.8. The van der Waals surface area contributed by atoms with Crippen molar-refractivity contribution in [2.45, 2.75) is 37.8 Å². The number of anilines is 1. The number of nitrogens with one attached hydrogen (secondary N) is 3. The van der Waals surface area contributed by atoms with Gasteiger partial charge in [0.2, 0.25) is 0 Å². The zero-order chi connectivity index (χ0) is 21.8. The van der Waals surface area contributed by atoms with Crippen molar-refractivity contribution >= 4 is 17.5 Å². The van der Waals surface area contributed by atoms with Gasteiger partial charge in [0.05, 0.1) is 18.9 Å². The lowest BCUT2D eigenvalue weighted by atomic mass is 9.90. The number of H-pyrrole nitrogens is 1. The van der Waals surface area contributed by atoms with Gasteiger partial charge in [-0.2, -0.15) is 5.10 Å². The molecule has 31 heavy (non-hydrogen) atoms. The Morgan fingerprint density at radius 2 is 1.74 bits per heavy atom. The van der Waals surface area contributed by atoms with Gasteiger partial charge < -0.3 is 15.4 Å². The molecular formula is C21H25F2N5O3. The van der Waals surface area contributed by atoms with Crippen molar-refractivity contribution in [1.29, 1.82) is 0 Å². The van der Waals surface area contributed by atoms with Crippen LogP contribution in [0.2, 0.25) is 0 Å². The molecule has 2 aliphatic rings. The van der Waals surface area contributed by atoms with E-state index in [-0.39, 0.29) is 17.4 Å². The molecule has 1 saturated heterocycles. The van der Waals surface area contributed by atoms with Crippen molar-refractivity contribution < 1.29 is 23.1 Å². The number of aromatic amines is 1. The zero-order valence-corrected chi connectivity index (χ0v) is 17.0. The predicted octanol–water partition coefficient (Wildman–Crippen LogP) is 2.31. The van der Waals surface area contributed by atoms with Crippen LogP contribution in [0.25, 0.3) is 0 Å². The summed E-state index contributed by atoms with van der Waals surface area (Å²) < 4.78 is 33.1. The van der Waals surface area contributed by atoms with Gasteiger partial charge in [-0.25, -0.2) is 8.78 Å². The SMILES string of the molecule is O=C(N[C@H]1CC[C@H](N2CCOCC2)CC1)c1n[nH]cc1NC(=O)c1c(F)cccc1F. The first-order chi connectivity index (χ1) is 15.0. The highest BCUT2D eigenvalue weighted by Gasteiger charge is 2.29. The third kappa shape index (κ3) is 4.91. The Kier molecular flexibility index (Phi) is 6.57. The average molecular weight is 433 g/mol. The molecule has 1 aliphatic heterocycles. The first kappa shape index (κ1) is 21.4. The molecule has 1 aliphatic carbocycles. The van der Waals surface area contributed by atoms with Crippen LogP contribution in [0.1, 0.15) is 46.5 Å². The second-order valence-electron chi connectivity index (χ2n) is 7.83. The molecule has 8 nitrogen and oxygen atoms in total. The Morgan fingerprint density at radius 1 is 1.06 bits per heavy atom. The molecule has 2 aromatic rings. The molecule has 1 aromatic heterocycles. The highest BCUT2D eigenvalue weighted by atomic mass is 19.1. The quantitative estimate of drug-likeness (QED) is 0.672. The maximum Gasteiger partial charge on any atom is 0.274 e. The van der Waals surface area contributed by atoms with Crippen molar-refractivity contribution in [1.82, 2.24) is 20.4 Å². The van der Waals surface area contributed by atoms with Gasteiger partial charge >= 0.3 is 0 Å². The van der Waals surface area contributed by atoms with Crippen molar-refractivity contribution in [2.75, 3.05) is 31.6 Å². The van der Waals surface area contributed by atoms with Crippen molar-refractivity contribution in [3.8, 4) is 0 Å². The lowest BCUT2D eigenvalue weighted by Gasteiger charge is -2.38. The molecule has 1 saturated carbocycles. The number of hydrogen-bond acceptors (Lipinski definition) is 5. The van der Waals surface area contributed by atoms with E-state index in [9.17, 15) is 18.4 Å². The fourth-order valence-electron chi connectivity index (χ4n) is 4.24. The predicted molar refractivity (Wildman–Crippen MR) is 109 cm³/mol. The maximum atomic E-state index is 13.8. The van der Waals surface area contributed by atoms with E-state index in [0.717, 1.165) is 64.1 Å². The largest absolute Gasteiger partial charge is 0.379 e. The molecule has 0 unspecified atom stereocenters. The lowest BCUT2D eigenvalue weighted by Crippen LogP contribution is -2.47. The van der Waals surface area contributed by atoms with E-state index in [2.05, 4.69) is 25.7 Å². The van der Waals surface area contributed by atoms with E-state index in [4.69, 9.17) is 4.74 Å². The summed E-state index contributed by atoms with van der Waals surface area (Å²) in [6.45, 7) is 3.42. The van der Waals surface area contributed by atoms with Crippen LogP contribution in [0, 0.1) is 11.6 Å². The summed E-state index contributed by atoms with van der Waals surface area (Å²) >= 11 is 0. The topological polar surface area (TPSA) is 99.3 Å². The Morgan fingerprint density at radius 3 is 2.42 bits per heavy atom. The molecule has 0 atom stereocenters. The smallest absolute Gasteiger partial charge is 0.274 e. The van der Waals surface area contributed by atoms with E-state index >= 15 is 0 Å². The van der Waals surface area contributed by atoms with Crippen LogP contribution in [0.15, 0.2) is 24.4 Å². The van der Waals surface area contributed by atoms with Crippen LogP contribution >= 0.6 is 0 Å². The number of rotatable bonds is 5. The van der Waals surface area contributed by atoms with E-state index < -0.39 is 29.0 Å². The van der Waals surface area contributed by atoms with E-state index in [1.54, 1.807) is 0 Å². The van der Waals surface area contributed by atoms with Crippen molar-refractivity contribution in [3.05, 3.63) is 47.3 Å². The summed E-state index contributed by atoms with van der Waals surface area (Å²) in [5.41, 5.74) is -0.677. The molecule has 3 N–H and O–H groups in total. The number of amides is 2. The Hall–Kier alpha value is -2.85. The number of morpholine rings is 1. The molecule has 0 spiro atoms. The van der Waals surface area contributed by atoms with Gasteiger partial charge in [-0.05, 0) is 37.8 Å². The minimum Gasteiger partial charge on any atom is -0.379 e. The molecule has 10 heteroatoms. The molecule has 4 rings (SSSR count). The summed E-state index contributed by atoms with van der Waals surface area (Å²) in [6, 6.07) is 3.68. The second kappa shape index (κ2) is 9.52. The Balaban J connectivity index is 1.34. The van der Waals surface area contributed by atoms with Crippen molar-refractivity contribution in [2.24, 2.45) is 0 Å². The minimum absolute atomic E-state index is 0.00838. The summed E-state index contributed by atoms with van der Waals surface area (Å²) in [7, 11) is 0.